The van der Waals surface area contributed by atoms with Crippen molar-refractivity contribution < 1.29 is 27.8 Å². The van der Waals surface area contributed by atoms with E-state index in [-0.39, 0.29) is 0 Å². The Labute approximate surface area is 236 Å². The van der Waals surface area contributed by atoms with Crippen LogP contribution in [-0.2, 0) is 11.3 Å². The van der Waals surface area contributed by atoms with Crippen molar-refractivity contribution in [1.29, 1.82) is 0 Å². The number of alkyl halides is 3. The number of benzene rings is 4. The van der Waals surface area contributed by atoms with Crippen LogP contribution in [0, 0.1) is 13.8 Å². The fourth-order valence-corrected chi connectivity index (χ4v) is 4.63. The fourth-order valence-electron chi connectivity index (χ4n) is 4.63. The zero-order valence-electron chi connectivity index (χ0n) is 22.8. The second-order valence-corrected chi connectivity index (χ2v) is 9.52. The number of rotatable bonds is 6. The molecule has 210 valence electrons. The highest BCUT2D eigenvalue weighted by Gasteiger charge is 2.38. The summed E-state index contributed by atoms with van der Waals surface area (Å²) in [5, 5.41) is 7.12. The molecule has 0 amide bonds. The molecule has 0 saturated heterocycles. The van der Waals surface area contributed by atoms with Crippen LogP contribution in [0.2, 0.25) is 0 Å². The molecule has 0 aliphatic carbocycles. The molecule has 0 aliphatic rings. The molecule has 4 aromatic carbocycles. The molecule has 0 saturated carbocycles. The number of para-hydroxylation sites is 1. The van der Waals surface area contributed by atoms with Gasteiger partial charge in [0.25, 0.3) is 0 Å². The summed E-state index contributed by atoms with van der Waals surface area (Å²) in [6.45, 7) is 5.01. The molecule has 0 unspecified atom stereocenters. The second-order valence-electron chi connectivity index (χ2n) is 9.52. The summed E-state index contributed by atoms with van der Waals surface area (Å²) >= 11 is 0. The average Bonchev–Trinajstić information content (AvgIpc) is 3.36. The number of carboxylic acids is 1. The van der Waals surface area contributed by atoms with Gasteiger partial charge in [-0.05, 0) is 60.9 Å². The van der Waals surface area contributed by atoms with Crippen molar-refractivity contribution >= 4 is 5.97 Å². The summed E-state index contributed by atoms with van der Waals surface area (Å²) in [6, 6.07) is 34.0. The average molecular weight is 559 g/mol. The van der Waals surface area contributed by atoms with Crippen molar-refractivity contribution in [2.24, 2.45) is 0 Å². The van der Waals surface area contributed by atoms with Gasteiger partial charge in [-0.1, -0.05) is 77.9 Å². The second kappa shape index (κ2) is 12.6. The molecule has 0 radical (unpaired) electrons. The van der Waals surface area contributed by atoms with E-state index in [0.29, 0.717) is 0 Å². The number of ether oxygens (including phenoxy) is 1. The SMILES string of the molecule is COc1ccccc1-c1ncn(Cc2cccc(-c3ccccc3)c2)c1-c1cc(C)cc(C)c1.O=C(O)C(F)(F)F. The molecule has 1 aromatic heterocycles. The number of aliphatic carboxylic acids is 1. The molecule has 5 rings (SSSR count). The minimum Gasteiger partial charge on any atom is -0.496 e. The van der Waals surface area contributed by atoms with Gasteiger partial charge in [-0.25, -0.2) is 9.78 Å². The van der Waals surface area contributed by atoms with Gasteiger partial charge in [0, 0.05) is 17.7 Å². The quantitative estimate of drug-likeness (QED) is 0.228. The molecule has 0 bridgehead atoms. The molecule has 0 spiro atoms. The molecule has 0 fully saturated rings. The highest BCUT2D eigenvalue weighted by atomic mass is 19.4. The Balaban J connectivity index is 0.000000493. The van der Waals surface area contributed by atoms with E-state index in [4.69, 9.17) is 19.6 Å². The van der Waals surface area contributed by atoms with Crippen molar-refractivity contribution in [1.82, 2.24) is 9.55 Å². The van der Waals surface area contributed by atoms with Crippen molar-refractivity contribution in [3.05, 3.63) is 120 Å². The third-order valence-electron chi connectivity index (χ3n) is 6.32. The monoisotopic (exact) mass is 558 g/mol. The third-order valence-corrected chi connectivity index (χ3v) is 6.32. The lowest BCUT2D eigenvalue weighted by Gasteiger charge is -2.14. The Kier molecular flexibility index (Phi) is 8.92. The first-order chi connectivity index (χ1) is 19.6. The van der Waals surface area contributed by atoms with Crippen LogP contribution >= 0.6 is 0 Å². The predicted molar refractivity (Wildman–Crippen MR) is 154 cm³/mol. The van der Waals surface area contributed by atoms with Gasteiger partial charge in [0.1, 0.15) is 11.4 Å². The maximum Gasteiger partial charge on any atom is 0.490 e. The number of carbonyl (C=O) groups is 1. The van der Waals surface area contributed by atoms with Crippen LogP contribution in [0.5, 0.6) is 5.75 Å². The number of halogens is 3. The van der Waals surface area contributed by atoms with Gasteiger partial charge in [-0.3, -0.25) is 0 Å². The van der Waals surface area contributed by atoms with Gasteiger partial charge in [0.2, 0.25) is 0 Å². The van der Waals surface area contributed by atoms with Gasteiger partial charge < -0.3 is 14.4 Å². The van der Waals surface area contributed by atoms with E-state index in [1.807, 2.05) is 30.6 Å². The predicted octanol–water partition coefficient (Wildman–Crippen LogP) is 8.19. The molecule has 0 atom stereocenters. The zero-order valence-corrected chi connectivity index (χ0v) is 22.8. The van der Waals surface area contributed by atoms with Gasteiger partial charge in [-0.15, -0.1) is 0 Å². The summed E-state index contributed by atoms with van der Waals surface area (Å²) in [5.41, 5.74) is 10.3. The molecule has 8 heteroatoms. The van der Waals surface area contributed by atoms with Gasteiger partial charge >= 0.3 is 12.1 Å². The maximum absolute atomic E-state index is 10.6. The fraction of sp³-hybridized carbons (Fsp3) is 0.152. The summed E-state index contributed by atoms with van der Waals surface area (Å²) in [4.78, 5) is 13.8. The largest absolute Gasteiger partial charge is 0.496 e. The number of hydrogen-bond donors (Lipinski definition) is 1. The smallest absolute Gasteiger partial charge is 0.490 e. The number of aromatic nitrogens is 2. The Hall–Kier alpha value is -4.85. The van der Waals surface area contributed by atoms with E-state index < -0.39 is 12.1 Å². The van der Waals surface area contributed by atoms with E-state index in [0.717, 1.165) is 34.8 Å². The highest BCUT2D eigenvalue weighted by molar-refractivity contribution is 5.82. The van der Waals surface area contributed by atoms with E-state index in [9.17, 15) is 13.2 Å². The Morgan fingerprint density at radius 2 is 1.44 bits per heavy atom. The van der Waals surface area contributed by atoms with Crippen LogP contribution in [0.25, 0.3) is 33.6 Å². The van der Waals surface area contributed by atoms with Crippen molar-refractivity contribution in [3.63, 3.8) is 0 Å². The van der Waals surface area contributed by atoms with Crippen LogP contribution in [-0.4, -0.2) is 33.9 Å². The third kappa shape index (κ3) is 7.22. The number of aryl methyl sites for hydroxylation is 2. The Bertz CT molecular complexity index is 1620. The van der Waals surface area contributed by atoms with E-state index in [2.05, 4.69) is 91.2 Å². The lowest BCUT2D eigenvalue weighted by molar-refractivity contribution is -0.192. The summed E-state index contributed by atoms with van der Waals surface area (Å²) in [5.74, 6) is -1.93. The lowest BCUT2D eigenvalue weighted by atomic mass is 10.00. The van der Waals surface area contributed by atoms with Gasteiger partial charge in [0.05, 0.1) is 19.1 Å². The molecular weight excluding hydrogens is 529 g/mol. The molecule has 1 N–H and O–H groups in total. The van der Waals surface area contributed by atoms with E-state index in [1.54, 1.807) is 7.11 Å². The normalized spacial score (nSPS) is 11.0. The number of carboxylic acid groups (broad SMARTS) is 1. The highest BCUT2D eigenvalue weighted by Crippen LogP contribution is 2.37. The molecular formula is C33H29F3N2O3. The molecule has 41 heavy (non-hydrogen) atoms. The number of imidazole rings is 1. The lowest BCUT2D eigenvalue weighted by Crippen LogP contribution is -2.21. The van der Waals surface area contributed by atoms with Gasteiger partial charge in [-0.2, -0.15) is 13.2 Å². The molecule has 5 nitrogen and oxygen atoms in total. The van der Waals surface area contributed by atoms with Crippen LogP contribution < -0.4 is 4.74 Å². The first kappa shape index (κ1) is 29.1. The zero-order chi connectivity index (χ0) is 29.6. The molecule has 1 heterocycles. The topological polar surface area (TPSA) is 64.4 Å². The molecule has 5 aromatic rings. The van der Waals surface area contributed by atoms with E-state index in [1.165, 1.54) is 27.8 Å². The minimum atomic E-state index is -5.08. The van der Waals surface area contributed by atoms with Crippen molar-refractivity contribution in [2.45, 2.75) is 26.6 Å². The molecule has 0 aliphatic heterocycles. The number of methoxy groups -OCH3 is 1. The summed E-state index contributed by atoms with van der Waals surface area (Å²) in [7, 11) is 1.71. The van der Waals surface area contributed by atoms with Crippen LogP contribution in [0.4, 0.5) is 13.2 Å². The Morgan fingerprint density at radius 3 is 2.07 bits per heavy atom. The first-order valence-corrected chi connectivity index (χ1v) is 12.8. The number of nitrogens with zero attached hydrogens (tertiary/aromatic N) is 2. The van der Waals surface area contributed by atoms with Crippen LogP contribution in [0.15, 0.2) is 103 Å². The first-order valence-electron chi connectivity index (χ1n) is 12.8. The van der Waals surface area contributed by atoms with Crippen LogP contribution in [0.1, 0.15) is 16.7 Å². The summed E-state index contributed by atoms with van der Waals surface area (Å²) in [6.07, 6.45) is -3.13. The van der Waals surface area contributed by atoms with Crippen molar-refractivity contribution in [3.8, 4) is 39.4 Å². The Morgan fingerprint density at radius 1 is 0.829 bits per heavy atom. The standard InChI is InChI=1S/C31H28N2O.C2HF3O2/c1-22-16-23(2)18-27(17-22)31-30(28-14-7-8-15-29(28)34-3)32-21-33(31)20-24-10-9-13-26(19-24)25-11-5-4-6-12-25;3-2(4,5)1(6)7/h4-19,21H,20H2,1-3H3;(H,6,7). The summed E-state index contributed by atoms with van der Waals surface area (Å²) < 4.78 is 39.7. The van der Waals surface area contributed by atoms with Crippen LogP contribution in [0.3, 0.4) is 0 Å². The maximum atomic E-state index is 10.6. The van der Waals surface area contributed by atoms with E-state index >= 15 is 0 Å². The van der Waals surface area contributed by atoms with Crippen molar-refractivity contribution in [2.75, 3.05) is 7.11 Å². The number of hydrogen-bond acceptors (Lipinski definition) is 3. The minimum absolute atomic E-state index is 0.727. The van der Waals surface area contributed by atoms with Gasteiger partial charge in [0.15, 0.2) is 0 Å².